The molecule has 1 aliphatic rings. The molecule has 0 bridgehead atoms. The molecule has 1 heterocycles. The number of carbonyl (C=O) groups is 1. The van der Waals surface area contributed by atoms with E-state index in [9.17, 15) is 4.79 Å². The lowest BCUT2D eigenvalue weighted by Gasteiger charge is -2.32. The first-order chi connectivity index (χ1) is 11.6. The van der Waals surface area contributed by atoms with E-state index in [0.717, 1.165) is 51.2 Å². The summed E-state index contributed by atoms with van der Waals surface area (Å²) in [4.78, 5) is 14.2. The van der Waals surface area contributed by atoms with Gasteiger partial charge in [-0.2, -0.15) is 0 Å². The Hall–Kier alpha value is -1.59. The summed E-state index contributed by atoms with van der Waals surface area (Å²) in [6.45, 7) is 5.90. The fourth-order valence-electron chi connectivity index (χ4n) is 3.04. The van der Waals surface area contributed by atoms with Gasteiger partial charge in [0.15, 0.2) is 0 Å². The van der Waals surface area contributed by atoms with Gasteiger partial charge in [0.25, 0.3) is 0 Å². The number of hydrogen-bond acceptors (Lipinski definition) is 4. The number of methoxy groups -OCH3 is 1. The summed E-state index contributed by atoms with van der Waals surface area (Å²) in [5.41, 5.74) is 7.00. The minimum absolute atomic E-state index is 0.0944. The standard InChI is InChI=1S/C19H31N3O2/c1-15(20)3-8-19(23)21-13-16-9-11-22(12-10-16)14-17-4-6-18(24-2)7-5-17/h4-7,15-16H,3,8-14,20H2,1-2H3,(H,21,23). The van der Waals surface area contributed by atoms with E-state index >= 15 is 0 Å². The second kappa shape index (κ2) is 9.64. The molecule has 0 aliphatic carbocycles. The highest BCUT2D eigenvalue weighted by Crippen LogP contribution is 2.19. The number of rotatable bonds is 8. The summed E-state index contributed by atoms with van der Waals surface area (Å²) in [6, 6.07) is 8.38. The third kappa shape index (κ3) is 6.49. The summed E-state index contributed by atoms with van der Waals surface area (Å²) in [5, 5.41) is 3.06. The normalized spacial score (nSPS) is 17.5. The molecule has 134 valence electrons. The molecule has 5 nitrogen and oxygen atoms in total. The first-order valence-electron chi connectivity index (χ1n) is 8.94. The maximum Gasteiger partial charge on any atom is 0.220 e. The van der Waals surface area contributed by atoms with Gasteiger partial charge in [0.05, 0.1) is 7.11 Å². The SMILES string of the molecule is COc1ccc(CN2CCC(CNC(=O)CCC(C)N)CC2)cc1. The summed E-state index contributed by atoms with van der Waals surface area (Å²) in [7, 11) is 1.69. The molecule has 1 unspecified atom stereocenters. The van der Waals surface area contributed by atoms with Crippen LogP contribution in [0.3, 0.4) is 0 Å². The van der Waals surface area contributed by atoms with E-state index in [-0.39, 0.29) is 11.9 Å². The van der Waals surface area contributed by atoms with E-state index in [0.29, 0.717) is 12.3 Å². The molecular formula is C19H31N3O2. The van der Waals surface area contributed by atoms with Gasteiger partial charge >= 0.3 is 0 Å². The highest BCUT2D eigenvalue weighted by Gasteiger charge is 2.19. The van der Waals surface area contributed by atoms with Gasteiger partial charge in [-0.05, 0) is 62.9 Å². The van der Waals surface area contributed by atoms with Crippen LogP contribution in [0.25, 0.3) is 0 Å². The smallest absolute Gasteiger partial charge is 0.220 e. The zero-order valence-electron chi connectivity index (χ0n) is 15.0. The van der Waals surface area contributed by atoms with Crippen molar-refractivity contribution in [2.24, 2.45) is 11.7 Å². The predicted molar refractivity (Wildman–Crippen MR) is 96.9 cm³/mol. The number of nitrogens with one attached hydrogen (secondary N) is 1. The van der Waals surface area contributed by atoms with Crippen LogP contribution in [0.4, 0.5) is 0 Å². The zero-order chi connectivity index (χ0) is 17.4. The number of carbonyl (C=O) groups excluding carboxylic acids is 1. The van der Waals surface area contributed by atoms with Crippen LogP contribution in [0.5, 0.6) is 5.75 Å². The summed E-state index contributed by atoms with van der Waals surface area (Å²) >= 11 is 0. The first kappa shape index (κ1) is 18.7. The van der Waals surface area contributed by atoms with Crippen LogP contribution in [0, 0.1) is 5.92 Å². The second-order valence-corrected chi connectivity index (χ2v) is 6.89. The Bertz CT molecular complexity index is 494. The zero-order valence-corrected chi connectivity index (χ0v) is 15.0. The van der Waals surface area contributed by atoms with Crippen molar-refractivity contribution in [2.75, 3.05) is 26.7 Å². The Labute approximate surface area is 145 Å². The summed E-state index contributed by atoms with van der Waals surface area (Å²) in [6.07, 6.45) is 3.58. The van der Waals surface area contributed by atoms with Gasteiger partial charge in [0, 0.05) is 25.6 Å². The second-order valence-electron chi connectivity index (χ2n) is 6.89. The van der Waals surface area contributed by atoms with Gasteiger partial charge in [-0.15, -0.1) is 0 Å². The van der Waals surface area contributed by atoms with Crippen molar-refractivity contribution in [1.29, 1.82) is 0 Å². The highest BCUT2D eigenvalue weighted by molar-refractivity contribution is 5.75. The van der Waals surface area contributed by atoms with Crippen molar-refractivity contribution >= 4 is 5.91 Å². The van der Waals surface area contributed by atoms with Crippen molar-refractivity contribution in [2.45, 2.75) is 45.2 Å². The van der Waals surface area contributed by atoms with Gasteiger partial charge in [0.1, 0.15) is 5.75 Å². The molecule has 0 saturated carbocycles. The molecule has 0 aromatic heterocycles. The summed E-state index contributed by atoms with van der Waals surface area (Å²) < 4.78 is 5.19. The molecule has 1 aromatic carbocycles. The Kier molecular flexibility index (Phi) is 7.53. The first-order valence-corrected chi connectivity index (χ1v) is 8.94. The molecule has 1 aromatic rings. The van der Waals surface area contributed by atoms with Gasteiger partial charge in [-0.25, -0.2) is 0 Å². The minimum atomic E-state index is 0.0944. The average molecular weight is 333 g/mol. The van der Waals surface area contributed by atoms with E-state index in [1.54, 1.807) is 7.11 Å². The van der Waals surface area contributed by atoms with Crippen LogP contribution in [-0.2, 0) is 11.3 Å². The monoisotopic (exact) mass is 333 g/mol. The highest BCUT2D eigenvalue weighted by atomic mass is 16.5. The Morgan fingerprint density at radius 1 is 1.33 bits per heavy atom. The van der Waals surface area contributed by atoms with Crippen LogP contribution in [0.15, 0.2) is 24.3 Å². The number of nitrogens with zero attached hydrogens (tertiary/aromatic N) is 1. The number of piperidine rings is 1. The molecule has 1 fully saturated rings. The van der Waals surface area contributed by atoms with Crippen LogP contribution in [0.1, 0.15) is 38.2 Å². The molecule has 0 radical (unpaired) electrons. The molecule has 5 heteroatoms. The summed E-state index contributed by atoms with van der Waals surface area (Å²) in [5.74, 6) is 1.63. The molecule has 1 atom stereocenters. The van der Waals surface area contributed by atoms with Crippen LogP contribution in [0.2, 0.25) is 0 Å². The quantitative estimate of drug-likeness (QED) is 0.765. The molecule has 1 amide bonds. The third-order valence-corrected chi connectivity index (χ3v) is 4.69. The van der Waals surface area contributed by atoms with Crippen molar-refractivity contribution < 1.29 is 9.53 Å². The molecule has 1 aliphatic heterocycles. The van der Waals surface area contributed by atoms with Crippen LogP contribution < -0.4 is 15.8 Å². The van der Waals surface area contributed by atoms with E-state index in [1.165, 1.54) is 5.56 Å². The third-order valence-electron chi connectivity index (χ3n) is 4.69. The number of benzene rings is 1. The molecule has 2 rings (SSSR count). The largest absolute Gasteiger partial charge is 0.497 e. The fourth-order valence-corrected chi connectivity index (χ4v) is 3.04. The molecule has 1 saturated heterocycles. The lowest BCUT2D eigenvalue weighted by molar-refractivity contribution is -0.121. The Balaban J connectivity index is 1.64. The molecular weight excluding hydrogens is 302 g/mol. The minimum Gasteiger partial charge on any atom is -0.497 e. The lowest BCUT2D eigenvalue weighted by atomic mass is 9.96. The number of ether oxygens (including phenoxy) is 1. The molecule has 3 N–H and O–H groups in total. The topological polar surface area (TPSA) is 67.6 Å². The number of nitrogens with two attached hydrogens (primary N) is 1. The van der Waals surface area contributed by atoms with Gasteiger partial charge in [-0.3, -0.25) is 9.69 Å². The van der Waals surface area contributed by atoms with Crippen molar-refractivity contribution in [1.82, 2.24) is 10.2 Å². The number of likely N-dealkylation sites (tertiary alicyclic amines) is 1. The lowest BCUT2D eigenvalue weighted by Crippen LogP contribution is -2.38. The van der Waals surface area contributed by atoms with Gasteiger partial charge < -0.3 is 15.8 Å². The van der Waals surface area contributed by atoms with E-state index < -0.39 is 0 Å². The van der Waals surface area contributed by atoms with Crippen molar-refractivity contribution in [3.63, 3.8) is 0 Å². The van der Waals surface area contributed by atoms with Gasteiger partial charge in [0.2, 0.25) is 5.91 Å². The molecule has 24 heavy (non-hydrogen) atoms. The van der Waals surface area contributed by atoms with E-state index in [1.807, 2.05) is 19.1 Å². The fraction of sp³-hybridized carbons (Fsp3) is 0.632. The van der Waals surface area contributed by atoms with Gasteiger partial charge in [-0.1, -0.05) is 12.1 Å². The number of amides is 1. The van der Waals surface area contributed by atoms with E-state index in [4.69, 9.17) is 10.5 Å². The number of hydrogen-bond donors (Lipinski definition) is 2. The Morgan fingerprint density at radius 2 is 2.00 bits per heavy atom. The van der Waals surface area contributed by atoms with Crippen molar-refractivity contribution in [3.05, 3.63) is 29.8 Å². The maximum absolute atomic E-state index is 11.8. The van der Waals surface area contributed by atoms with E-state index in [2.05, 4.69) is 22.3 Å². The average Bonchev–Trinajstić information content (AvgIpc) is 2.60. The van der Waals surface area contributed by atoms with Crippen molar-refractivity contribution in [3.8, 4) is 5.75 Å². The maximum atomic E-state index is 11.8. The van der Waals surface area contributed by atoms with Crippen LogP contribution >= 0.6 is 0 Å². The molecule has 0 spiro atoms. The van der Waals surface area contributed by atoms with Crippen LogP contribution in [-0.4, -0.2) is 43.6 Å². The Morgan fingerprint density at radius 3 is 2.58 bits per heavy atom. The predicted octanol–water partition coefficient (Wildman–Crippen LogP) is 2.15.